The smallest absolute Gasteiger partial charge is 0.239 e. The molecule has 21 heavy (non-hydrogen) atoms. The number of nitrogens with one attached hydrogen (secondary N) is 1. The molecule has 0 unspecified atom stereocenters. The number of carbonyl (C=O) groups is 1. The molecule has 0 saturated heterocycles. The average Bonchev–Trinajstić information content (AvgIpc) is 2.44. The van der Waals surface area contributed by atoms with E-state index in [0.29, 0.717) is 29.3 Å². The number of carbonyl (C=O) groups excluding carboxylic acids is 1. The Hall–Kier alpha value is -2.06. The Kier molecular flexibility index (Phi) is 6.19. The summed E-state index contributed by atoms with van der Waals surface area (Å²) in [5.41, 5.74) is 1.90. The number of rotatable bonds is 6. The standard InChI is InChI=1S/C16H23N3O2/c1-11(2)9-18-16(21)10-19(4)15-7-13(8-17)5-6-14(15)12(3)20/h5-7,11-12,20H,9-10H2,1-4H3,(H,18,21)/t12-/m1/s1. The summed E-state index contributed by atoms with van der Waals surface area (Å²) in [5, 5.41) is 21.7. The van der Waals surface area contributed by atoms with Gasteiger partial charge in [-0.25, -0.2) is 0 Å². The number of aliphatic hydroxyl groups is 1. The van der Waals surface area contributed by atoms with Crippen molar-refractivity contribution in [3.05, 3.63) is 29.3 Å². The van der Waals surface area contributed by atoms with Gasteiger partial charge in [-0.1, -0.05) is 19.9 Å². The lowest BCUT2D eigenvalue weighted by atomic mass is 10.0. The van der Waals surface area contributed by atoms with Crippen LogP contribution in [0.4, 0.5) is 5.69 Å². The summed E-state index contributed by atoms with van der Waals surface area (Å²) in [6, 6.07) is 7.15. The Morgan fingerprint density at radius 2 is 2.10 bits per heavy atom. The number of hydrogen-bond acceptors (Lipinski definition) is 4. The SMILES string of the molecule is CC(C)CNC(=O)CN(C)c1cc(C#N)ccc1[C@@H](C)O. The van der Waals surface area contributed by atoms with Gasteiger partial charge >= 0.3 is 0 Å². The zero-order valence-electron chi connectivity index (χ0n) is 13.1. The number of aliphatic hydroxyl groups excluding tert-OH is 1. The van der Waals surface area contributed by atoms with Crippen LogP contribution in [0.2, 0.25) is 0 Å². The highest BCUT2D eigenvalue weighted by atomic mass is 16.3. The van der Waals surface area contributed by atoms with Gasteiger partial charge in [0.15, 0.2) is 0 Å². The van der Waals surface area contributed by atoms with Gasteiger partial charge < -0.3 is 15.3 Å². The Balaban J connectivity index is 2.88. The quantitative estimate of drug-likeness (QED) is 0.837. The van der Waals surface area contributed by atoms with Gasteiger partial charge in [0.1, 0.15) is 0 Å². The highest BCUT2D eigenvalue weighted by molar-refractivity contribution is 5.81. The molecule has 1 rings (SSSR count). The Bertz CT molecular complexity index is 533. The van der Waals surface area contributed by atoms with E-state index in [1.165, 1.54) is 0 Å². The first-order valence-electron chi connectivity index (χ1n) is 7.05. The molecule has 0 fully saturated rings. The van der Waals surface area contributed by atoms with Crippen LogP contribution in [0.1, 0.15) is 38.0 Å². The molecule has 0 saturated carbocycles. The van der Waals surface area contributed by atoms with E-state index < -0.39 is 6.10 Å². The predicted octanol–water partition coefficient (Wildman–Crippen LogP) is 1.82. The van der Waals surface area contributed by atoms with Crippen LogP contribution in [0, 0.1) is 17.2 Å². The van der Waals surface area contributed by atoms with Gasteiger partial charge in [-0.15, -0.1) is 0 Å². The monoisotopic (exact) mass is 289 g/mol. The summed E-state index contributed by atoms with van der Waals surface area (Å²) < 4.78 is 0. The van der Waals surface area contributed by atoms with Gasteiger partial charge in [-0.05, 0) is 25.0 Å². The molecule has 0 bridgehead atoms. The van der Waals surface area contributed by atoms with Crippen molar-refractivity contribution in [1.82, 2.24) is 5.32 Å². The van der Waals surface area contributed by atoms with E-state index in [9.17, 15) is 9.90 Å². The molecular formula is C16H23N3O2. The predicted molar refractivity (Wildman–Crippen MR) is 82.9 cm³/mol. The van der Waals surface area contributed by atoms with Gasteiger partial charge in [0.25, 0.3) is 0 Å². The topological polar surface area (TPSA) is 76.4 Å². The second-order valence-corrected chi connectivity index (χ2v) is 5.62. The van der Waals surface area contributed by atoms with Crippen molar-refractivity contribution in [2.45, 2.75) is 26.9 Å². The van der Waals surface area contributed by atoms with Crippen molar-refractivity contribution >= 4 is 11.6 Å². The van der Waals surface area contributed by atoms with Crippen molar-refractivity contribution in [2.75, 3.05) is 25.0 Å². The van der Waals surface area contributed by atoms with Gasteiger partial charge in [-0.3, -0.25) is 4.79 Å². The summed E-state index contributed by atoms with van der Waals surface area (Å²) in [4.78, 5) is 13.6. The molecule has 0 aliphatic heterocycles. The summed E-state index contributed by atoms with van der Waals surface area (Å²) in [5.74, 6) is 0.319. The summed E-state index contributed by atoms with van der Waals surface area (Å²) in [7, 11) is 1.78. The van der Waals surface area contributed by atoms with Crippen LogP contribution >= 0.6 is 0 Å². The first-order chi connectivity index (χ1) is 9.85. The second-order valence-electron chi connectivity index (χ2n) is 5.62. The maximum atomic E-state index is 11.9. The van der Waals surface area contributed by atoms with Crippen molar-refractivity contribution in [2.24, 2.45) is 5.92 Å². The third-order valence-electron chi connectivity index (χ3n) is 3.11. The Morgan fingerprint density at radius 3 is 2.62 bits per heavy atom. The van der Waals surface area contributed by atoms with E-state index in [-0.39, 0.29) is 12.5 Å². The summed E-state index contributed by atoms with van der Waals surface area (Å²) in [6.07, 6.45) is -0.658. The molecule has 1 aromatic rings. The number of nitrogens with zero attached hydrogens (tertiary/aromatic N) is 2. The van der Waals surface area contributed by atoms with Gasteiger partial charge in [0.2, 0.25) is 5.91 Å². The minimum Gasteiger partial charge on any atom is -0.389 e. The molecule has 0 aromatic heterocycles. The van der Waals surface area contributed by atoms with Gasteiger partial charge in [0.05, 0.1) is 24.3 Å². The minimum atomic E-state index is -0.658. The maximum absolute atomic E-state index is 11.9. The fourth-order valence-electron chi connectivity index (χ4n) is 1.97. The third kappa shape index (κ3) is 5.09. The van der Waals surface area contributed by atoms with Gasteiger partial charge in [0, 0.05) is 24.8 Å². The number of benzene rings is 1. The molecule has 1 amide bonds. The largest absolute Gasteiger partial charge is 0.389 e. The van der Waals surface area contributed by atoms with Gasteiger partial charge in [-0.2, -0.15) is 5.26 Å². The molecule has 0 aliphatic rings. The van der Waals surface area contributed by atoms with Crippen LogP contribution in [0.5, 0.6) is 0 Å². The molecule has 0 radical (unpaired) electrons. The maximum Gasteiger partial charge on any atom is 0.239 e. The fraction of sp³-hybridized carbons (Fsp3) is 0.500. The van der Waals surface area contributed by atoms with Crippen molar-refractivity contribution in [1.29, 1.82) is 5.26 Å². The first-order valence-corrected chi connectivity index (χ1v) is 7.05. The minimum absolute atomic E-state index is 0.0786. The van der Waals surface area contributed by atoms with Crippen molar-refractivity contribution in [3.63, 3.8) is 0 Å². The van der Waals surface area contributed by atoms with E-state index in [1.54, 1.807) is 37.1 Å². The average molecular weight is 289 g/mol. The molecule has 1 atom stereocenters. The molecule has 0 aliphatic carbocycles. The van der Waals surface area contributed by atoms with Crippen LogP contribution in [-0.2, 0) is 4.79 Å². The molecule has 2 N–H and O–H groups in total. The second kappa shape index (κ2) is 7.65. The lowest BCUT2D eigenvalue weighted by Gasteiger charge is -2.23. The highest BCUT2D eigenvalue weighted by Gasteiger charge is 2.15. The van der Waals surface area contributed by atoms with Crippen LogP contribution < -0.4 is 10.2 Å². The van der Waals surface area contributed by atoms with E-state index in [4.69, 9.17) is 5.26 Å². The number of likely N-dealkylation sites (N-methyl/N-ethyl adjacent to an activating group) is 1. The molecule has 5 heteroatoms. The zero-order chi connectivity index (χ0) is 16.0. The van der Waals surface area contributed by atoms with Crippen molar-refractivity contribution in [3.8, 4) is 6.07 Å². The van der Waals surface area contributed by atoms with E-state index in [1.807, 2.05) is 13.8 Å². The van der Waals surface area contributed by atoms with E-state index in [0.717, 1.165) is 0 Å². The third-order valence-corrected chi connectivity index (χ3v) is 3.11. The highest BCUT2D eigenvalue weighted by Crippen LogP contribution is 2.26. The summed E-state index contributed by atoms with van der Waals surface area (Å²) in [6.45, 7) is 6.55. The lowest BCUT2D eigenvalue weighted by Crippen LogP contribution is -2.37. The van der Waals surface area contributed by atoms with Crippen molar-refractivity contribution < 1.29 is 9.90 Å². The van der Waals surface area contributed by atoms with Crippen LogP contribution in [0.3, 0.4) is 0 Å². The zero-order valence-corrected chi connectivity index (χ0v) is 13.1. The fourth-order valence-corrected chi connectivity index (χ4v) is 1.97. The van der Waals surface area contributed by atoms with Crippen LogP contribution in [0.15, 0.2) is 18.2 Å². The number of nitriles is 1. The summed E-state index contributed by atoms with van der Waals surface area (Å²) >= 11 is 0. The molecule has 0 heterocycles. The molecule has 1 aromatic carbocycles. The van der Waals surface area contributed by atoms with Crippen LogP contribution in [-0.4, -0.2) is 31.2 Å². The Labute approximate surface area is 126 Å². The molecule has 5 nitrogen and oxygen atoms in total. The number of amides is 1. The molecular weight excluding hydrogens is 266 g/mol. The number of hydrogen-bond donors (Lipinski definition) is 2. The van der Waals surface area contributed by atoms with E-state index >= 15 is 0 Å². The normalized spacial score (nSPS) is 11.9. The Morgan fingerprint density at radius 1 is 1.43 bits per heavy atom. The molecule has 0 spiro atoms. The van der Waals surface area contributed by atoms with Crippen LogP contribution in [0.25, 0.3) is 0 Å². The molecule has 114 valence electrons. The number of anilines is 1. The lowest BCUT2D eigenvalue weighted by molar-refractivity contribution is -0.119. The first kappa shape index (κ1) is 17.0. The van der Waals surface area contributed by atoms with E-state index in [2.05, 4.69) is 11.4 Å².